The van der Waals surface area contributed by atoms with Gasteiger partial charge in [0, 0.05) is 32.3 Å². The first-order chi connectivity index (χ1) is 15.8. The van der Waals surface area contributed by atoms with E-state index in [0.717, 1.165) is 16.7 Å². The van der Waals surface area contributed by atoms with Crippen LogP contribution in [0.5, 0.6) is 11.5 Å². The van der Waals surface area contributed by atoms with E-state index < -0.39 is 10.0 Å². The monoisotopic (exact) mass is 469 g/mol. The van der Waals surface area contributed by atoms with E-state index in [-0.39, 0.29) is 30.5 Å². The van der Waals surface area contributed by atoms with Crippen LogP contribution in [0.3, 0.4) is 0 Å². The number of hydrogen-bond acceptors (Lipinski definition) is 6. The first-order valence-electron chi connectivity index (χ1n) is 10.5. The highest BCUT2D eigenvalue weighted by Crippen LogP contribution is 2.28. The van der Waals surface area contributed by atoms with Crippen molar-refractivity contribution in [1.29, 1.82) is 5.26 Å². The highest BCUT2D eigenvalue weighted by atomic mass is 32.2. The molecule has 8 nitrogen and oxygen atoms in total. The Morgan fingerprint density at radius 2 is 1.79 bits per heavy atom. The van der Waals surface area contributed by atoms with Crippen LogP contribution >= 0.6 is 0 Å². The third-order valence-corrected chi connectivity index (χ3v) is 7.46. The van der Waals surface area contributed by atoms with Crippen LogP contribution in [0, 0.1) is 25.2 Å². The van der Waals surface area contributed by atoms with Gasteiger partial charge in [0.2, 0.25) is 15.9 Å². The van der Waals surface area contributed by atoms with E-state index in [1.807, 2.05) is 26.0 Å². The van der Waals surface area contributed by atoms with Gasteiger partial charge < -0.3 is 14.4 Å². The molecule has 0 saturated carbocycles. The molecular weight excluding hydrogens is 442 g/mol. The number of nitriles is 1. The Bertz CT molecular complexity index is 1190. The van der Waals surface area contributed by atoms with Gasteiger partial charge in [-0.3, -0.25) is 4.79 Å². The molecule has 0 N–H and O–H groups in total. The molecule has 0 aliphatic carbocycles. The van der Waals surface area contributed by atoms with Crippen LogP contribution in [0.4, 0.5) is 0 Å². The predicted octanol–water partition coefficient (Wildman–Crippen LogP) is 2.76. The summed E-state index contributed by atoms with van der Waals surface area (Å²) in [7, 11) is -2.09. The van der Waals surface area contributed by atoms with Crippen molar-refractivity contribution in [3.8, 4) is 17.6 Å². The highest BCUT2D eigenvalue weighted by molar-refractivity contribution is 7.89. The lowest BCUT2D eigenvalue weighted by molar-refractivity contribution is -0.127. The minimum Gasteiger partial charge on any atom is -0.493 e. The number of benzene rings is 2. The maximum atomic E-state index is 13.0. The second-order valence-corrected chi connectivity index (χ2v) is 9.60. The summed E-state index contributed by atoms with van der Waals surface area (Å²) in [6.07, 6.45) is 3.12. The number of piperazine rings is 1. The van der Waals surface area contributed by atoms with Gasteiger partial charge in [-0.05, 0) is 60.9 Å². The largest absolute Gasteiger partial charge is 0.493 e. The second kappa shape index (κ2) is 10.5. The molecule has 0 radical (unpaired) electrons. The first kappa shape index (κ1) is 24.3. The lowest BCUT2D eigenvalue weighted by Crippen LogP contribution is -2.50. The molecule has 1 aliphatic rings. The summed E-state index contributed by atoms with van der Waals surface area (Å²) in [6.45, 7) is 4.86. The van der Waals surface area contributed by atoms with Crippen molar-refractivity contribution in [2.75, 3.05) is 39.9 Å². The molecule has 33 heavy (non-hydrogen) atoms. The molecule has 0 bridgehead atoms. The number of nitrogens with zero attached hydrogens (tertiary/aromatic N) is 3. The number of sulfonamides is 1. The molecule has 9 heteroatoms. The Morgan fingerprint density at radius 3 is 2.42 bits per heavy atom. The van der Waals surface area contributed by atoms with Crippen molar-refractivity contribution >= 4 is 22.0 Å². The maximum absolute atomic E-state index is 13.0. The Morgan fingerprint density at radius 1 is 1.06 bits per heavy atom. The number of carbonyl (C=O) groups excluding carboxylic acids is 1. The molecule has 2 aromatic carbocycles. The topological polar surface area (TPSA) is 99.9 Å². The van der Waals surface area contributed by atoms with Crippen molar-refractivity contribution in [1.82, 2.24) is 9.21 Å². The average Bonchev–Trinajstić information content (AvgIpc) is 2.83. The predicted molar refractivity (Wildman–Crippen MR) is 124 cm³/mol. The van der Waals surface area contributed by atoms with Crippen LogP contribution in [0.1, 0.15) is 16.7 Å². The van der Waals surface area contributed by atoms with Crippen LogP contribution in [-0.4, -0.2) is 63.4 Å². The quantitative estimate of drug-likeness (QED) is 0.578. The van der Waals surface area contributed by atoms with Crippen molar-refractivity contribution in [3.63, 3.8) is 0 Å². The first-order valence-corrected chi connectivity index (χ1v) is 11.9. The summed E-state index contributed by atoms with van der Waals surface area (Å²) in [5.74, 6) is 0.718. The zero-order valence-corrected chi connectivity index (χ0v) is 19.8. The molecule has 0 unspecified atom stereocenters. The summed E-state index contributed by atoms with van der Waals surface area (Å²) < 4.78 is 37.9. The van der Waals surface area contributed by atoms with Crippen molar-refractivity contribution in [3.05, 3.63) is 59.2 Å². The fraction of sp³-hybridized carbons (Fsp3) is 0.333. The summed E-state index contributed by atoms with van der Waals surface area (Å²) in [5.41, 5.74) is 2.70. The van der Waals surface area contributed by atoms with Crippen LogP contribution in [0.25, 0.3) is 6.08 Å². The van der Waals surface area contributed by atoms with Gasteiger partial charge in [-0.1, -0.05) is 12.1 Å². The molecule has 0 aromatic heterocycles. The molecule has 174 valence electrons. The molecule has 3 rings (SSSR count). The molecular formula is C24H27N3O5S. The third kappa shape index (κ3) is 5.72. The van der Waals surface area contributed by atoms with Crippen molar-refractivity contribution in [2.45, 2.75) is 18.7 Å². The number of hydrogen-bond donors (Lipinski definition) is 0. The van der Waals surface area contributed by atoms with E-state index >= 15 is 0 Å². The number of aryl methyl sites for hydroxylation is 2. The van der Waals surface area contributed by atoms with Gasteiger partial charge >= 0.3 is 0 Å². The Balaban J connectivity index is 1.62. The summed E-state index contributed by atoms with van der Waals surface area (Å²) in [5, 5.41) is 8.65. The molecule has 2 aromatic rings. The lowest BCUT2D eigenvalue weighted by Gasteiger charge is -2.33. The van der Waals surface area contributed by atoms with Gasteiger partial charge in [-0.2, -0.15) is 9.57 Å². The second-order valence-electron chi connectivity index (χ2n) is 7.67. The van der Waals surface area contributed by atoms with Crippen molar-refractivity contribution in [2.24, 2.45) is 0 Å². The van der Waals surface area contributed by atoms with Gasteiger partial charge in [-0.25, -0.2) is 8.42 Å². The number of carbonyl (C=O) groups is 1. The van der Waals surface area contributed by atoms with E-state index in [1.54, 1.807) is 41.3 Å². The molecule has 1 saturated heterocycles. The summed E-state index contributed by atoms with van der Waals surface area (Å²) in [6, 6.07) is 12.2. The van der Waals surface area contributed by atoms with Gasteiger partial charge in [0.1, 0.15) is 6.07 Å². The maximum Gasteiger partial charge on any atom is 0.246 e. The Kier molecular flexibility index (Phi) is 7.74. The fourth-order valence-corrected chi connectivity index (χ4v) is 4.97. The summed E-state index contributed by atoms with van der Waals surface area (Å²) >= 11 is 0. The SMILES string of the molecule is COc1cc(/C=C\C(=O)N2CCN(S(=O)(=O)c3ccc(C)c(C)c3)CC2)ccc1OCC#N. The molecule has 1 fully saturated rings. The Hall–Kier alpha value is -3.35. The molecule has 1 aliphatic heterocycles. The van der Waals surface area contributed by atoms with Crippen LogP contribution in [-0.2, 0) is 14.8 Å². The van der Waals surface area contributed by atoms with Crippen LogP contribution < -0.4 is 9.47 Å². The smallest absolute Gasteiger partial charge is 0.246 e. The van der Waals surface area contributed by atoms with E-state index in [1.165, 1.54) is 17.5 Å². The normalized spacial score (nSPS) is 14.8. The zero-order valence-electron chi connectivity index (χ0n) is 18.9. The molecule has 1 heterocycles. The molecule has 0 atom stereocenters. The third-order valence-electron chi connectivity index (χ3n) is 5.56. The zero-order chi connectivity index (χ0) is 24.0. The molecule has 1 amide bonds. The summed E-state index contributed by atoms with van der Waals surface area (Å²) in [4.78, 5) is 14.5. The van der Waals surface area contributed by atoms with Crippen molar-refractivity contribution < 1.29 is 22.7 Å². The van der Waals surface area contributed by atoms with Gasteiger partial charge in [-0.15, -0.1) is 0 Å². The van der Waals surface area contributed by atoms with Gasteiger partial charge in [0.15, 0.2) is 18.1 Å². The van der Waals surface area contributed by atoms with Gasteiger partial charge in [0.05, 0.1) is 12.0 Å². The number of ether oxygens (including phenoxy) is 2. The van der Waals surface area contributed by atoms with E-state index in [4.69, 9.17) is 14.7 Å². The standard InChI is InChI=1S/C24H27N3O5S/c1-18-4-7-21(16-19(18)2)33(29,30)27-13-11-26(12-14-27)24(28)9-6-20-5-8-22(32-15-10-25)23(17-20)31-3/h4-9,16-17H,11-15H2,1-3H3/b9-6-. The van der Waals surface area contributed by atoms with Crippen LogP contribution in [0.2, 0.25) is 0 Å². The Labute approximate surface area is 194 Å². The van der Waals surface area contributed by atoms with Crippen LogP contribution in [0.15, 0.2) is 47.4 Å². The van der Waals surface area contributed by atoms with E-state index in [9.17, 15) is 13.2 Å². The van der Waals surface area contributed by atoms with E-state index in [0.29, 0.717) is 24.6 Å². The average molecular weight is 470 g/mol. The van der Waals surface area contributed by atoms with E-state index in [2.05, 4.69) is 0 Å². The number of amides is 1. The minimum atomic E-state index is -3.59. The minimum absolute atomic E-state index is 0.0880. The number of methoxy groups -OCH3 is 1. The lowest BCUT2D eigenvalue weighted by atomic mass is 10.1. The molecule has 0 spiro atoms. The van der Waals surface area contributed by atoms with Gasteiger partial charge in [0.25, 0.3) is 0 Å². The number of rotatable bonds is 7. The fourth-order valence-electron chi connectivity index (χ4n) is 3.46. The highest BCUT2D eigenvalue weighted by Gasteiger charge is 2.29.